The lowest BCUT2D eigenvalue weighted by atomic mass is 9.96. The van der Waals surface area contributed by atoms with Crippen molar-refractivity contribution >= 4 is 0 Å². The minimum atomic E-state index is -4.63. The van der Waals surface area contributed by atoms with Gasteiger partial charge in [-0.25, -0.2) is 4.98 Å². The molecule has 0 aliphatic heterocycles. The lowest BCUT2D eigenvalue weighted by molar-refractivity contribution is -0.137. The van der Waals surface area contributed by atoms with Crippen molar-refractivity contribution in [3.8, 4) is 22.4 Å². The van der Waals surface area contributed by atoms with Crippen LogP contribution in [-0.4, -0.2) is 10.1 Å². The summed E-state index contributed by atoms with van der Waals surface area (Å²) in [5, 5.41) is 9.61. The maximum atomic E-state index is 13.3. The SMILES string of the molecule is OCc1nc(-c2ccccc2C(F)(F)F)ccc1-c1ccccc1C(F)(F)F. The molecule has 8 heteroatoms. The number of benzene rings is 2. The van der Waals surface area contributed by atoms with Gasteiger partial charge in [-0.15, -0.1) is 0 Å². The molecule has 1 heterocycles. The second-order valence-corrected chi connectivity index (χ2v) is 5.94. The summed E-state index contributed by atoms with van der Waals surface area (Å²) in [6.45, 7) is -0.733. The molecule has 0 aliphatic carbocycles. The van der Waals surface area contributed by atoms with Crippen molar-refractivity contribution in [3.63, 3.8) is 0 Å². The summed E-state index contributed by atoms with van der Waals surface area (Å²) in [7, 11) is 0. The van der Waals surface area contributed by atoms with Gasteiger partial charge >= 0.3 is 12.4 Å². The lowest BCUT2D eigenvalue weighted by Gasteiger charge is -2.17. The first-order valence-corrected chi connectivity index (χ1v) is 8.07. The highest BCUT2D eigenvalue weighted by atomic mass is 19.4. The summed E-state index contributed by atoms with van der Waals surface area (Å²) in [6, 6.07) is 11.9. The van der Waals surface area contributed by atoms with Gasteiger partial charge in [0.05, 0.1) is 29.1 Å². The Hall–Kier alpha value is -2.87. The van der Waals surface area contributed by atoms with E-state index >= 15 is 0 Å². The average molecular weight is 397 g/mol. The van der Waals surface area contributed by atoms with Crippen LogP contribution in [0.3, 0.4) is 0 Å². The number of nitrogens with zero attached hydrogens (tertiary/aromatic N) is 1. The Labute approximate surface area is 156 Å². The van der Waals surface area contributed by atoms with E-state index in [0.717, 1.165) is 12.1 Å². The number of pyridine rings is 1. The van der Waals surface area contributed by atoms with Gasteiger partial charge in [-0.2, -0.15) is 26.3 Å². The van der Waals surface area contributed by atoms with E-state index in [0.29, 0.717) is 0 Å². The van der Waals surface area contributed by atoms with Crippen molar-refractivity contribution in [1.29, 1.82) is 0 Å². The normalized spacial score (nSPS) is 12.2. The predicted molar refractivity (Wildman–Crippen MR) is 91.0 cm³/mol. The molecule has 146 valence electrons. The van der Waals surface area contributed by atoms with Crippen molar-refractivity contribution in [2.24, 2.45) is 0 Å². The number of hydrogen-bond donors (Lipinski definition) is 1. The number of aromatic nitrogens is 1. The van der Waals surface area contributed by atoms with Crippen molar-refractivity contribution in [2.75, 3.05) is 0 Å². The molecular formula is C20H13F6NO. The topological polar surface area (TPSA) is 33.1 Å². The number of aliphatic hydroxyl groups excluding tert-OH is 1. The Morgan fingerprint density at radius 2 is 1.14 bits per heavy atom. The number of hydrogen-bond acceptors (Lipinski definition) is 2. The van der Waals surface area contributed by atoms with Gasteiger partial charge in [0.25, 0.3) is 0 Å². The van der Waals surface area contributed by atoms with Crippen LogP contribution in [-0.2, 0) is 19.0 Å². The zero-order chi connectivity index (χ0) is 20.5. The molecule has 0 fully saturated rings. The first-order valence-electron chi connectivity index (χ1n) is 8.07. The number of halogens is 6. The second-order valence-electron chi connectivity index (χ2n) is 5.94. The Bertz CT molecular complexity index is 994. The van der Waals surface area contributed by atoms with Crippen LogP contribution in [0, 0.1) is 0 Å². The molecule has 1 N–H and O–H groups in total. The van der Waals surface area contributed by atoms with Crippen molar-refractivity contribution in [1.82, 2.24) is 4.98 Å². The molecule has 3 aromatic rings. The molecule has 0 radical (unpaired) electrons. The summed E-state index contributed by atoms with van der Waals surface area (Å²) in [5.41, 5.74) is -2.51. The highest BCUT2D eigenvalue weighted by molar-refractivity contribution is 5.73. The van der Waals surface area contributed by atoms with Crippen LogP contribution in [0.15, 0.2) is 60.7 Å². The summed E-state index contributed by atoms with van der Waals surface area (Å²) >= 11 is 0. The predicted octanol–water partition coefficient (Wildman–Crippen LogP) is 5.95. The van der Waals surface area contributed by atoms with Gasteiger partial charge in [-0.1, -0.05) is 42.5 Å². The van der Waals surface area contributed by atoms with Crippen molar-refractivity contribution in [3.05, 3.63) is 77.5 Å². The van der Waals surface area contributed by atoms with Crippen LogP contribution in [0.4, 0.5) is 26.3 Å². The molecule has 0 amide bonds. The van der Waals surface area contributed by atoms with Crippen LogP contribution in [0.25, 0.3) is 22.4 Å². The molecule has 28 heavy (non-hydrogen) atoms. The molecule has 0 saturated carbocycles. The van der Waals surface area contributed by atoms with E-state index in [1.165, 1.54) is 48.5 Å². The fourth-order valence-corrected chi connectivity index (χ4v) is 2.94. The molecule has 2 aromatic carbocycles. The molecule has 3 rings (SSSR count). The first-order chi connectivity index (χ1) is 13.1. The summed E-state index contributed by atoms with van der Waals surface area (Å²) in [4.78, 5) is 4.02. The van der Waals surface area contributed by atoms with Gasteiger partial charge < -0.3 is 5.11 Å². The highest BCUT2D eigenvalue weighted by Crippen LogP contribution is 2.40. The Kier molecular flexibility index (Phi) is 5.16. The molecule has 2 nitrogen and oxygen atoms in total. The molecule has 0 saturated heterocycles. The van der Waals surface area contributed by atoms with Crippen LogP contribution >= 0.6 is 0 Å². The average Bonchev–Trinajstić information content (AvgIpc) is 2.66. The van der Waals surface area contributed by atoms with Gasteiger partial charge in [0.2, 0.25) is 0 Å². The third-order valence-electron chi connectivity index (χ3n) is 4.16. The van der Waals surface area contributed by atoms with Gasteiger partial charge in [-0.3, -0.25) is 0 Å². The molecule has 1 aromatic heterocycles. The Morgan fingerprint density at radius 1 is 0.643 bits per heavy atom. The molecule has 0 unspecified atom stereocenters. The van der Waals surface area contributed by atoms with Crippen LogP contribution in [0.1, 0.15) is 16.8 Å². The molecule has 0 aliphatic rings. The van der Waals surface area contributed by atoms with E-state index in [2.05, 4.69) is 4.98 Å². The van der Waals surface area contributed by atoms with E-state index in [9.17, 15) is 31.4 Å². The van der Waals surface area contributed by atoms with E-state index in [-0.39, 0.29) is 28.1 Å². The molecule has 0 spiro atoms. The van der Waals surface area contributed by atoms with E-state index < -0.39 is 30.1 Å². The maximum Gasteiger partial charge on any atom is 0.417 e. The smallest absolute Gasteiger partial charge is 0.390 e. The van der Waals surface area contributed by atoms with Crippen LogP contribution < -0.4 is 0 Å². The monoisotopic (exact) mass is 397 g/mol. The number of aliphatic hydroxyl groups is 1. The Balaban J connectivity index is 2.18. The van der Waals surface area contributed by atoms with Crippen molar-refractivity contribution < 1.29 is 31.4 Å². The largest absolute Gasteiger partial charge is 0.417 e. The zero-order valence-electron chi connectivity index (χ0n) is 14.1. The van der Waals surface area contributed by atoms with Gasteiger partial charge in [0, 0.05) is 11.1 Å². The second kappa shape index (κ2) is 7.27. The minimum Gasteiger partial charge on any atom is -0.390 e. The van der Waals surface area contributed by atoms with Gasteiger partial charge in [-0.05, 0) is 23.8 Å². The third-order valence-corrected chi connectivity index (χ3v) is 4.16. The van der Waals surface area contributed by atoms with Gasteiger partial charge in [0.15, 0.2) is 0 Å². The number of rotatable bonds is 3. The van der Waals surface area contributed by atoms with Crippen LogP contribution in [0.5, 0.6) is 0 Å². The van der Waals surface area contributed by atoms with E-state index in [1.807, 2.05) is 0 Å². The molecular weight excluding hydrogens is 384 g/mol. The van der Waals surface area contributed by atoms with E-state index in [1.54, 1.807) is 0 Å². The third kappa shape index (κ3) is 3.87. The fourth-order valence-electron chi connectivity index (χ4n) is 2.94. The summed E-state index contributed by atoms with van der Waals surface area (Å²) in [6.07, 6.45) is -9.26. The van der Waals surface area contributed by atoms with Gasteiger partial charge in [0.1, 0.15) is 0 Å². The fraction of sp³-hybridized carbons (Fsp3) is 0.150. The zero-order valence-corrected chi connectivity index (χ0v) is 14.1. The lowest BCUT2D eigenvalue weighted by Crippen LogP contribution is -2.09. The Morgan fingerprint density at radius 3 is 1.68 bits per heavy atom. The summed E-state index contributed by atoms with van der Waals surface area (Å²) in [5.74, 6) is 0. The minimum absolute atomic E-state index is 0.00339. The standard InChI is InChI=1S/C20H13F6NO/c21-19(22,23)15-7-3-1-5-12(15)13-9-10-17(27-18(13)11-28)14-6-2-4-8-16(14)20(24,25)26/h1-10,28H,11H2. The molecule has 0 bridgehead atoms. The van der Waals surface area contributed by atoms with Crippen molar-refractivity contribution in [2.45, 2.75) is 19.0 Å². The maximum absolute atomic E-state index is 13.3. The number of alkyl halides is 6. The molecule has 0 atom stereocenters. The first kappa shape index (κ1) is 19.9. The highest BCUT2D eigenvalue weighted by Gasteiger charge is 2.35. The quantitative estimate of drug-likeness (QED) is 0.555. The van der Waals surface area contributed by atoms with Crippen LogP contribution in [0.2, 0.25) is 0 Å². The summed E-state index contributed by atoms with van der Waals surface area (Å²) < 4.78 is 79.6. The van der Waals surface area contributed by atoms with E-state index in [4.69, 9.17) is 0 Å².